The van der Waals surface area contributed by atoms with Crippen LogP contribution in [0.15, 0.2) is 48.8 Å². The Labute approximate surface area is 145 Å². The number of pyridine rings is 1. The van der Waals surface area contributed by atoms with Crippen molar-refractivity contribution >= 4 is 17.5 Å². The fraction of sp³-hybridized carbons (Fsp3) is 0.222. The monoisotopic (exact) mass is 338 g/mol. The lowest BCUT2D eigenvalue weighted by molar-refractivity contribution is -0.127. The van der Waals surface area contributed by atoms with Gasteiger partial charge in [-0.15, -0.1) is 0 Å². The van der Waals surface area contributed by atoms with Crippen LogP contribution in [-0.4, -0.2) is 29.4 Å². The Morgan fingerprint density at radius 3 is 2.76 bits per heavy atom. The van der Waals surface area contributed by atoms with E-state index in [1.807, 2.05) is 6.07 Å². The molecule has 128 valence electrons. The zero-order valence-corrected chi connectivity index (χ0v) is 13.7. The molecule has 1 atom stereocenters. The number of aromatic nitrogens is 1. The third-order valence-corrected chi connectivity index (χ3v) is 3.26. The molecule has 1 aromatic carbocycles. The van der Waals surface area contributed by atoms with E-state index in [0.717, 1.165) is 0 Å². The van der Waals surface area contributed by atoms with E-state index in [9.17, 15) is 9.59 Å². The van der Waals surface area contributed by atoms with Crippen LogP contribution in [0, 0.1) is 11.3 Å². The van der Waals surface area contributed by atoms with E-state index in [0.29, 0.717) is 17.0 Å². The lowest BCUT2D eigenvalue weighted by atomic mass is 10.2. The Morgan fingerprint density at radius 1 is 1.28 bits per heavy atom. The molecule has 0 aliphatic heterocycles. The first kappa shape index (κ1) is 17.9. The summed E-state index contributed by atoms with van der Waals surface area (Å²) in [5.74, 6) is -0.0991. The van der Waals surface area contributed by atoms with Crippen LogP contribution in [0.3, 0.4) is 0 Å². The van der Waals surface area contributed by atoms with Gasteiger partial charge >= 0.3 is 0 Å². The lowest BCUT2D eigenvalue weighted by Gasteiger charge is -2.14. The van der Waals surface area contributed by atoms with Crippen molar-refractivity contribution in [1.29, 1.82) is 5.26 Å². The van der Waals surface area contributed by atoms with Gasteiger partial charge in [0.25, 0.3) is 5.91 Å². The standard InChI is InChI=1S/C18H18N4O3/c1-13(25-16-4-2-3-14(11-16)12-19)18(24)21-10-7-17(23)22-15-5-8-20-9-6-15/h2-6,8-9,11,13H,7,10H2,1H3,(H,21,24)(H,20,22,23). The largest absolute Gasteiger partial charge is 0.481 e. The summed E-state index contributed by atoms with van der Waals surface area (Å²) in [4.78, 5) is 27.6. The Kier molecular flexibility index (Phi) is 6.48. The van der Waals surface area contributed by atoms with Gasteiger partial charge in [0, 0.05) is 31.0 Å². The number of benzene rings is 1. The van der Waals surface area contributed by atoms with Crippen molar-refractivity contribution in [3.63, 3.8) is 0 Å². The van der Waals surface area contributed by atoms with Crippen LogP contribution >= 0.6 is 0 Å². The lowest BCUT2D eigenvalue weighted by Crippen LogP contribution is -2.37. The van der Waals surface area contributed by atoms with Crippen molar-refractivity contribution < 1.29 is 14.3 Å². The van der Waals surface area contributed by atoms with Crippen LogP contribution in [0.4, 0.5) is 5.69 Å². The number of nitrogens with one attached hydrogen (secondary N) is 2. The van der Waals surface area contributed by atoms with Crippen molar-refractivity contribution in [2.45, 2.75) is 19.4 Å². The molecule has 2 aromatic rings. The fourth-order valence-corrected chi connectivity index (χ4v) is 2.00. The van der Waals surface area contributed by atoms with E-state index in [-0.39, 0.29) is 24.8 Å². The van der Waals surface area contributed by atoms with Crippen LogP contribution in [0.25, 0.3) is 0 Å². The van der Waals surface area contributed by atoms with Crippen LogP contribution in [0.5, 0.6) is 5.75 Å². The quantitative estimate of drug-likeness (QED) is 0.802. The van der Waals surface area contributed by atoms with Crippen molar-refractivity contribution in [2.24, 2.45) is 0 Å². The van der Waals surface area contributed by atoms with Gasteiger partial charge < -0.3 is 15.4 Å². The molecule has 0 saturated heterocycles. The molecule has 2 rings (SSSR count). The van der Waals surface area contributed by atoms with E-state index in [2.05, 4.69) is 15.6 Å². The minimum absolute atomic E-state index is 0.144. The summed E-state index contributed by atoms with van der Waals surface area (Å²) in [6.07, 6.45) is 2.57. The number of nitrogens with zero attached hydrogens (tertiary/aromatic N) is 2. The number of hydrogen-bond donors (Lipinski definition) is 2. The van der Waals surface area contributed by atoms with Gasteiger partial charge in [-0.3, -0.25) is 14.6 Å². The zero-order valence-electron chi connectivity index (χ0n) is 13.7. The molecule has 25 heavy (non-hydrogen) atoms. The van der Waals surface area contributed by atoms with E-state index in [4.69, 9.17) is 10.00 Å². The second-order valence-corrected chi connectivity index (χ2v) is 5.22. The van der Waals surface area contributed by atoms with E-state index >= 15 is 0 Å². The predicted octanol–water partition coefficient (Wildman–Crippen LogP) is 1.87. The Morgan fingerprint density at radius 2 is 2.04 bits per heavy atom. The molecule has 0 radical (unpaired) electrons. The van der Waals surface area contributed by atoms with Gasteiger partial charge in [0.2, 0.25) is 5.91 Å². The topological polar surface area (TPSA) is 104 Å². The van der Waals surface area contributed by atoms with Gasteiger partial charge in [0.05, 0.1) is 11.6 Å². The summed E-state index contributed by atoms with van der Waals surface area (Å²) >= 11 is 0. The van der Waals surface area contributed by atoms with E-state index in [1.54, 1.807) is 55.7 Å². The summed E-state index contributed by atoms with van der Waals surface area (Å²) in [5.41, 5.74) is 1.11. The average molecular weight is 338 g/mol. The maximum Gasteiger partial charge on any atom is 0.260 e. The number of carbonyl (C=O) groups excluding carboxylic acids is 2. The highest BCUT2D eigenvalue weighted by Gasteiger charge is 2.15. The molecular weight excluding hydrogens is 320 g/mol. The van der Waals surface area contributed by atoms with Crippen LogP contribution in [0.2, 0.25) is 0 Å². The van der Waals surface area contributed by atoms with Crippen molar-refractivity contribution in [3.8, 4) is 11.8 Å². The Bertz CT molecular complexity index is 771. The minimum Gasteiger partial charge on any atom is -0.481 e. The van der Waals surface area contributed by atoms with Gasteiger partial charge in [-0.2, -0.15) is 5.26 Å². The smallest absolute Gasteiger partial charge is 0.260 e. The van der Waals surface area contributed by atoms with Gasteiger partial charge in [-0.25, -0.2) is 0 Å². The molecule has 0 aliphatic carbocycles. The van der Waals surface area contributed by atoms with Gasteiger partial charge in [0.15, 0.2) is 6.10 Å². The molecule has 0 saturated carbocycles. The summed E-state index contributed by atoms with van der Waals surface area (Å²) in [6.45, 7) is 1.80. The van der Waals surface area contributed by atoms with Crippen LogP contribution in [0.1, 0.15) is 18.9 Å². The number of ether oxygens (including phenoxy) is 1. The second kappa shape index (κ2) is 9.03. The number of carbonyl (C=O) groups is 2. The molecule has 1 aromatic heterocycles. The first-order valence-corrected chi connectivity index (χ1v) is 7.73. The maximum absolute atomic E-state index is 12.0. The van der Waals surface area contributed by atoms with Gasteiger partial charge in [-0.1, -0.05) is 6.07 Å². The van der Waals surface area contributed by atoms with E-state index < -0.39 is 6.10 Å². The molecule has 0 spiro atoms. The molecule has 2 amide bonds. The summed E-state index contributed by atoms with van der Waals surface area (Å²) < 4.78 is 5.50. The highest BCUT2D eigenvalue weighted by atomic mass is 16.5. The second-order valence-electron chi connectivity index (χ2n) is 5.22. The molecule has 7 heteroatoms. The number of anilines is 1. The third kappa shape index (κ3) is 5.95. The Hall–Kier alpha value is -3.40. The van der Waals surface area contributed by atoms with Crippen LogP contribution in [-0.2, 0) is 9.59 Å². The first-order valence-electron chi connectivity index (χ1n) is 7.73. The summed E-state index contributed by atoms with van der Waals surface area (Å²) in [6, 6.07) is 11.9. The summed E-state index contributed by atoms with van der Waals surface area (Å²) in [7, 11) is 0. The maximum atomic E-state index is 12.0. The van der Waals surface area contributed by atoms with Gasteiger partial charge in [-0.05, 0) is 37.3 Å². The normalized spacial score (nSPS) is 11.0. The molecule has 0 aliphatic rings. The predicted molar refractivity (Wildman–Crippen MR) is 91.7 cm³/mol. The number of nitriles is 1. The molecule has 1 unspecified atom stereocenters. The van der Waals surface area contributed by atoms with Crippen LogP contribution < -0.4 is 15.4 Å². The highest BCUT2D eigenvalue weighted by molar-refractivity contribution is 5.91. The summed E-state index contributed by atoms with van der Waals surface area (Å²) in [5, 5.41) is 14.2. The first-order chi connectivity index (χ1) is 12.1. The van der Waals surface area contributed by atoms with Crippen molar-refractivity contribution in [3.05, 3.63) is 54.4 Å². The van der Waals surface area contributed by atoms with Crippen molar-refractivity contribution in [2.75, 3.05) is 11.9 Å². The zero-order chi connectivity index (χ0) is 18.1. The SMILES string of the molecule is CC(Oc1cccc(C#N)c1)C(=O)NCCC(=O)Nc1ccncc1. The van der Waals surface area contributed by atoms with Gasteiger partial charge in [0.1, 0.15) is 5.75 Å². The molecular formula is C18H18N4O3. The number of hydrogen-bond acceptors (Lipinski definition) is 5. The molecule has 1 heterocycles. The molecule has 0 bridgehead atoms. The Balaban J connectivity index is 1.74. The average Bonchev–Trinajstić information content (AvgIpc) is 2.62. The molecule has 0 fully saturated rings. The highest BCUT2D eigenvalue weighted by Crippen LogP contribution is 2.14. The minimum atomic E-state index is -0.739. The number of rotatable bonds is 7. The third-order valence-electron chi connectivity index (χ3n) is 3.26. The van der Waals surface area contributed by atoms with Crippen molar-refractivity contribution in [1.82, 2.24) is 10.3 Å². The molecule has 7 nitrogen and oxygen atoms in total. The van der Waals surface area contributed by atoms with E-state index in [1.165, 1.54) is 0 Å². The number of amides is 2. The molecule has 2 N–H and O–H groups in total. The fourth-order valence-electron chi connectivity index (χ4n) is 2.00.